The van der Waals surface area contributed by atoms with E-state index in [-0.39, 0.29) is 0 Å². The minimum absolute atomic E-state index is 0.827. The minimum Gasteiger partial charge on any atom is -0.397 e. The van der Waals surface area contributed by atoms with Gasteiger partial charge in [0.15, 0.2) is 0 Å². The van der Waals surface area contributed by atoms with E-state index in [2.05, 4.69) is 49.2 Å². The van der Waals surface area contributed by atoms with Crippen LogP contribution in [-0.2, 0) is 12.8 Å². The number of hydrogen-bond acceptors (Lipinski definition) is 2. The molecular formula is C17H20N2. The summed E-state index contributed by atoms with van der Waals surface area (Å²) in [6.07, 6.45) is 3.72. The third-order valence-corrected chi connectivity index (χ3v) is 4.02. The van der Waals surface area contributed by atoms with Crippen LogP contribution >= 0.6 is 0 Å². The lowest BCUT2D eigenvalue weighted by atomic mass is 10.1. The molecule has 0 radical (unpaired) electrons. The third kappa shape index (κ3) is 2.19. The zero-order valence-electron chi connectivity index (χ0n) is 11.6. The van der Waals surface area contributed by atoms with Gasteiger partial charge in [-0.05, 0) is 67.1 Å². The molecule has 98 valence electrons. The van der Waals surface area contributed by atoms with Crippen molar-refractivity contribution < 1.29 is 0 Å². The number of hydrogen-bond donors (Lipinski definition) is 1. The minimum atomic E-state index is 0.827. The first kappa shape index (κ1) is 12.1. The molecule has 2 N–H and O–H groups in total. The fourth-order valence-corrected chi connectivity index (χ4v) is 2.85. The first-order valence-electron chi connectivity index (χ1n) is 6.87. The number of rotatable bonds is 2. The Balaban J connectivity index is 1.99. The van der Waals surface area contributed by atoms with Crippen LogP contribution in [0.15, 0.2) is 36.4 Å². The maximum absolute atomic E-state index is 6.10. The van der Waals surface area contributed by atoms with E-state index >= 15 is 0 Å². The van der Waals surface area contributed by atoms with Gasteiger partial charge < -0.3 is 10.6 Å². The summed E-state index contributed by atoms with van der Waals surface area (Å²) < 4.78 is 0. The van der Waals surface area contributed by atoms with Crippen molar-refractivity contribution in [1.29, 1.82) is 0 Å². The highest BCUT2D eigenvalue weighted by atomic mass is 15.1. The lowest BCUT2D eigenvalue weighted by Crippen LogP contribution is -2.12. The highest BCUT2D eigenvalue weighted by molar-refractivity contribution is 5.75. The quantitative estimate of drug-likeness (QED) is 0.823. The molecule has 0 saturated carbocycles. The molecular weight excluding hydrogens is 232 g/mol. The number of benzene rings is 2. The van der Waals surface area contributed by atoms with Crippen LogP contribution in [0.1, 0.15) is 23.1 Å². The predicted molar refractivity (Wildman–Crippen MR) is 82.1 cm³/mol. The predicted octanol–water partition coefficient (Wildman–Crippen LogP) is 3.83. The summed E-state index contributed by atoms with van der Waals surface area (Å²) >= 11 is 0. The van der Waals surface area contributed by atoms with Crippen molar-refractivity contribution in [3.63, 3.8) is 0 Å². The van der Waals surface area contributed by atoms with Gasteiger partial charge in [-0.25, -0.2) is 0 Å². The van der Waals surface area contributed by atoms with Gasteiger partial charge in [0.25, 0.3) is 0 Å². The van der Waals surface area contributed by atoms with Gasteiger partial charge in [0.1, 0.15) is 0 Å². The Morgan fingerprint density at radius 2 is 1.79 bits per heavy atom. The maximum Gasteiger partial charge on any atom is 0.0644 e. The molecule has 0 saturated heterocycles. The Bertz CT molecular complexity index is 617. The highest BCUT2D eigenvalue weighted by Crippen LogP contribution is 2.32. The van der Waals surface area contributed by atoms with Gasteiger partial charge in [0, 0.05) is 12.7 Å². The second kappa shape index (κ2) is 4.61. The smallest absolute Gasteiger partial charge is 0.0644 e. The normalized spacial score (nSPS) is 13.4. The van der Waals surface area contributed by atoms with Gasteiger partial charge in [-0.1, -0.05) is 12.1 Å². The average Bonchev–Trinajstić information content (AvgIpc) is 2.88. The molecule has 0 fully saturated rings. The summed E-state index contributed by atoms with van der Waals surface area (Å²) in [5, 5.41) is 0. The van der Waals surface area contributed by atoms with Gasteiger partial charge in [0.2, 0.25) is 0 Å². The van der Waals surface area contributed by atoms with E-state index in [0.29, 0.717) is 0 Å². The molecule has 0 atom stereocenters. The fraction of sp³-hybridized carbons (Fsp3) is 0.294. The van der Waals surface area contributed by atoms with Crippen LogP contribution in [0.25, 0.3) is 0 Å². The van der Waals surface area contributed by atoms with Crippen LogP contribution in [0.4, 0.5) is 17.1 Å². The maximum atomic E-state index is 6.10. The second-order valence-corrected chi connectivity index (χ2v) is 5.43. The molecule has 0 spiro atoms. The Kier molecular flexibility index (Phi) is 2.94. The van der Waals surface area contributed by atoms with Crippen molar-refractivity contribution in [3.05, 3.63) is 53.1 Å². The number of nitrogens with zero attached hydrogens (tertiary/aromatic N) is 1. The van der Waals surface area contributed by atoms with E-state index in [4.69, 9.17) is 5.73 Å². The first-order valence-corrected chi connectivity index (χ1v) is 6.87. The van der Waals surface area contributed by atoms with E-state index < -0.39 is 0 Å². The molecule has 2 heteroatoms. The Morgan fingerprint density at radius 1 is 1.00 bits per heavy atom. The molecule has 1 aliphatic rings. The summed E-state index contributed by atoms with van der Waals surface area (Å²) in [5.74, 6) is 0. The van der Waals surface area contributed by atoms with Crippen LogP contribution < -0.4 is 10.6 Å². The molecule has 2 nitrogen and oxygen atoms in total. The molecule has 1 aliphatic carbocycles. The molecule has 19 heavy (non-hydrogen) atoms. The number of nitrogen functional groups attached to an aromatic ring is 1. The molecule has 0 aromatic heterocycles. The van der Waals surface area contributed by atoms with Crippen LogP contribution in [0, 0.1) is 6.92 Å². The summed E-state index contributed by atoms with van der Waals surface area (Å²) in [4.78, 5) is 2.18. The zero-order valence-corrected chi connectivity index (χ0v) is 11.6. The summed E-state index contributed by atoms with van der Waals surface area (Å²) in [6.45, 7) is 2.10. The first-order chi connectivity index (χ1) is 9.15. The molecule has 3 rings (SSSR count). The van der Waals surface area contributed by atoms with E-state index in [0.717, 1.165) is 11.4 Å². The van der Waals surface area contributed by atoms with Gasteiger partial charge in [0.05, 0.1) is 11.4 Å². The molecule has 2 aromatic carbocycles. The Labute approximate surface area is 114 Å². The molecule has 2 aromatic rings. The third-order valence-electron chi connectivity index (χ3n) is 4.02. The van der Waals surface area contributed by atoms with Gasteiger partial charge in [-0.15, -0.1) is 0 Å². The number of fused-ring (bicyclic) bond motifs is 1. The average molecular weight is 252 g/mol. The SMILES string of the molecule is Cc1ccc(N)c(N(C)c2ccc3c(c2)CCC3)c1. The van der Waals surface area contributed by atoms with Gasteiger partial charge >= 0.3 is 0 Å². The fourth-order valence-electron chi connectivity index (χ4n) is 2.85. The summed E-state index contributed by atoms with van der Waals surface area (Å²) in [5.41, 5.74) is 13.5. The van der Waals surface area contributed by atoms with Crippen molar-refractivity contribution in [2.75, 3.05) is 17.7 Å². The van der Waals surface area contributed by atoms with Gasteiger partial charge in [-0.3, -0.25) is 0 Å². The summed E-state index contributed by atoms with van der Waals surface area (Å²) in [6, 6.07) is 12.9. The monoisotopic (exact) mass is 252 g/mol. The highest BCUT2D eigenvalue weighted by Gasteiger charge is 2.14. The van der Waals surface area contributed by atoms with Crippen molar-refractivity contribution >= 4 is 17.1 Å². The van der Waals surface area contributed by atoms with Gasteiger partial charge in [-0.2, -0.15) is 0 Å². The van der Waals surface area contributed by atoms with Crippen molar-refractivity contribution in [1.82, 2.24) is 0 Å². The lowest BCUT2D eigenvalue weighted by molar-refractivity contribution is 0.911. The van der Waals surface area contributed by atoms with E-state index in [1.54, 1.807) is 0 Å². The van der Waals surface area contributed by atoms with Crippen LogP contribution in [-0.4, -0.2) is 7.05 Å². The molecule has 0 heterocycles. The van der Waals surface area contributed by atoms with Crippen LogP contribution in [0.5, 0.6) is 0 Å². The second-order valence-electron chi connectivity index (χ2n) is 5.43. The molecule has 0 amide bonds. The Hall–Kier alpha value is -1.96. The van der Waals surface area contributed by atoms with Crippen LogP contribution in [0.3, 0.4) is 0 Å². The van der Waals surface area contributed by atoms with Crippen molar-refractivity contribution in [2.45, 2.75) is 26.2 Å². The van der Waals surface area contributed by atoms with E-state index in [1.165, 1.54) is 41.6 Å². The standard InChI is InChI=1S/C17H20N2/c1-12-6-9-16(18)17(10-12)19(2)15-8-7-13-4-3-5-14(13)11-15/h6-11H,3-5,18H2,1-2H3. The van der Waals surface area contributed by atoms with Crippen LogP contribution in [0.2, 0.25) is 0 Å². The molecule has 0 unspecified atom stereocenters. The number of nitrogens with two attached hydrogens (primary N) is 1. The zero-order chi connectivity index (χ0) is 13.4. The number of aryl methyl sites for hydroxylation is 3. The number of anilines is 3. The van der Waals surface area contributed by atoms with Crippen molar-refractivity contribution in [3.8, 4) is 0 Å². The molecule has 0 bridgehead atoms. The lowest BCUT2D eigenvalue weighted by Gasteiger charge is -2.22. The topological polar surface area (TPSA) is 29.3 Å². The largest absolute Gasteiger partial charge is 0.397 e. The Morgan fingerprint density at radius 3 is 2.63 bits per heavy atom. The summed E-state index contributed by atoms with van der Waals surface area (Å²) in [7, 11) is 2.09. The van der Waals surface area contributed by atoms with E-state index in [9.17, 15) is 0 Å². The van der Waals surface area contributed by atoms with Crippen molar-refractivity contribution in [2.24, 2.45) is 0 Å². The molecule has 0 aliphatic heterocycles. The van der Waals surface area contributed by atoms with E-state index in [1.807, 2.05) is 6.07 Å².